The van der Waals surface area contributed by atoms with E-state index in [4.69, 9.17) is 10.5 Å². The molecule has 0 aliphatic rings. The maximum Gasteiger partial charge on any atom is 0.166 e. The first-order valence-electron chi connectivity index (χ1n) is 5.56. The zero-order valence-electron chi connectivity index (χ0n) is 10.1. The third kappa shape index (κ3) is 2.75. The molecule has 0 saturated carbocycles. The molecule has 5 heteroatoms. The lowest BCUT2D eigenvalue weighted by molar-refractivity contribution is 0.306. The van der Waals surface area contributed by atoms with Crippen LogP contribution in [0, 0.1) is 6.92 Å². The number of nitrogen functional groups attached to an aromatic ring is 1. The number of ether oxygens (including phenoxy) is 1. The Kier molecular flexibility index (Phi) is 3.27. The lowest BCUT2D eigenvalue weighted by Crippen LogP contribution is -2.00. The first kappa shape index (κ1) is 11.4. The fourth-order valence-electron chi connectivity index (χ4n) is 1.50. The Hall–Kier alpha value is -2.04. The highest BCUT2D eigenvalue weighted by Crippen LogP contribution is 2.19. The van der Waals surface area contributed by atoms with Crippen molar-refractivity contribution in [3.05, 3.63) is 35.8 Å². The van der Waals surface area contributed by atoms with E-state index in [1.54, 1.807) is 6.20 Å². The minimum atomic E-state index is 0.424. The van der Waals surface area contributed by atoms with E-state index in [1.165, 1.54) is 0 Å². The number of anilines is 1. The van der Waals surface area contributed by atoms with E-state index in [1.807, 2.05) is 36.9 Å². The van der Waals surface area contributed by atoms with Crippen molar-refractivity contribution in [2.24, 2.45) is 0 Å². The second-order valence-corrected chi connectivity index (χ2v) is 3.83. The molecule has 0 aromatic carbocycles. The lowest BCUT2D eigenvalue weighted by Gasteiger charge is -2.07. The standard InChI is InChI=1S/C12H16N4O/c1-3-16-7-10(6-14-16)8-17-11-5-4-9(2)15-12(11)13/h4-7H,3,8H2,1-2H3,(H2,13,15). The van der Waals surface area contributed by atoms with Gasteiger partial charge in [-0.3, -0.25) is 4.68 Å². The van der Waals surface area contributed by atoms with Crippen molar-refractivity contribution in [2.75, 3.05) is 5.73 Å². The lowest BCUT2D eigenvalue weighted by atomic mass is 10.3. The van der Waals surface area contributed by atoms with Crippen LogP contribution in [0.5, 0.6) is 5.75 Å². The molecule has 0 spiro atoms. The van der Waals surface area contributed by atoms with Crippen LogP contribution in [-0.4, -0.2) is 14.8 Å². The van der Waals surface area contributed by atoms with Gasteiger partial charge in [0.25, 0.3) is 0 Å². The van der Waals surface area contributed by atoms with Crippen molar-refractivity contribution < 1.29 is 4.74 Å². The Morgan fingerprint density at radius 1 is 1.41 bits per heavy atom. The van der Waals surface area contributed by atoms with Gasteiger partial charge in [0.15, 0.2) is 11.6 Å². The van der Waals surface area contributed by atoms with Crippen LogP contribution >= 0.6 is 0 Å². The predicted octanol–water partition coefficient (Wildman–Crippen LogP) is 1.77. The van der Waals surface area contributed by atoms with Gasteiger partial charge in [-0.1, -0.05) is 0 Å². The fourth-order valence-corrected chi connectivity index (χ4v) is 1.50. The SMILES string of the molecule is CCn1cc(COc2ccc(C)nc2N)cn1. The van der Waals surface area contributed by atoms with Gasteiger partial charge in [0.1, 0.15) is 6.61 Å². The third-order valence-electron chi connectivity index (χ3n) is 2.43. The van der Waals surface area contributed by atoms with Gasteiger partial charge in [0, 0.05) is 24.0 Å². The molecular weight excluding hydrogens is 216 g/mol. The van der Waals surface area contributed by atoms with E-state index in [9.17, 15) is 0 Å². The van der Waals surface area contributed by atoms with Crippen molar-refractivity contribution in [1.29, 1.82) is 0 Å². The monoisotopic (exact) mass is 232 g/mol. The van der Waals surface area contributed by atoms with Crippen molar-refractivity contribution in [1.82, 2.24) is 14.8 Å². The highest BCUT2D eigenvalue weighted by molar-refractivity contribution is 5.46. The highest BCUT2D eigenvalue weighted by Gasteiger charge is 2.03. The molecule has 2 N–H and O–H groups in total. The van der Waals surface area contributed by atoms with Crippen LogP contribution in [0.25, 0.3) is 0 Å². The maximum absolute atomic E-state index is 5.76. The normalized spacial score (nSPS) is 10.5. The second kappa shape index (κ2) is 4.86. The average Bonchev–Trinajstić information content (AvgIpc) is 2.76. The number of hydrogen-bond acceptors (Lipinski definition) is 4. The Labute approximate surface area is 100 Å². The Morgan fingerprint density at radius 2 is 2.24 bits per heavy atom. The molecule has 0 radical (unpaired) electrons. The molecule has 17 heavy (non-hydrogen) atoms. The van der Waals surface area contributed by atoms with Gasteiger partial charge in [-0.2, -0.15) is 5.10 Å². The molecule has 0 saturated heterocycles. The summed E-state index contributed by atoms with van der Waals surface area (Å²) in [5, 5.41) is 4.17. The summed E-state index contributed by atoms with van der Waals surface area (Å²) in [4.78, 5) is 4.14. The molecule has 2 aromatic heterocycles. The summed E-state index contributed by atoms with van der Waals surface area (Å²) in [7, 11) is 0. The molecule has 0 unspecified atom stereocenters. The minimum Gasteiger partial charge on any atom is -0.485 e. The Bertz CT molecular complexity index is 507. The van der Waals surface area contributed by atoms with E-state index in [0.717, 1.165) is 17.8 Å². The summed E-state index contributed by atoms with van der Waals surface area (Å²) >= 11 is 0. The minimum absolute atomic E-state index is 0.424. The topological polar surface area (TPSA) is 66.0 Å². The van der Waals surface area contributed by atoms with Crippen molar-refractivity contribution in [3.8, 4) is 5.75 Å². The van der Waals surface area contributed by atoms with E-state index in [-0.39, 0.29) is 0 Å². The van der Waals surface area contributed by atoms with Gasteiger partial charge >= 0.3 is 0 Å². The third-order valence-corrected chi connectivity index (χ3v) is 2.43. The zero-order valence-corrected chi connectivity index (χ0v) is 10.1. The van der Waals surface area contributed by atoms with E-state index in [0.29, 0.717) is 18.2 Å². The molecule has 0 aliphatic carbocycles. The smallest absolute Gasteiger partial charge is 0.166 e. The molecule has 5 nitrogen and oxygen atoms in total. The van der Waals surface area contributed by atoms with Crippen LogP contribution in [0.2, 0.25) is 0 Å². The quantitative estimate of drug-likeness (QED) is 0.872. The molecular formula is C12H16N4O. The molecule has 0 atom stereocenters. The largest absolute Gasteiger partial charge is 0.485 e. The van der Waals surface area contributed by atoms with Gasteiger partial charge in [-0.05, 0) is 26.0 Å². The Morgan fingerprint density at radius 3 is 2.88 bits per heavy atom. The van der Waals surface area contributed by atoms with Crippen LogP contribution in [0.1, 0.15) is 18.2 Å². The van der Waals surface area contributed by atoms with Gasteiger partial charge in [0.05, 0.1) is 6.20 Å². The second-order valence-electron chi connectivity index (χ2n) is 3.83. The summed E-state index contributed by atoms with van der Waals surface area (Å²) < 4.78 is 7.45. The fraction of sp³-hybridized carbons (Fsp3) is 0.333. The van der Waals surface area contributed by atoms with Gasteiger partial charge in [-0.25, -0.2) is 4.98 Å². The van der Waals surface area contributed by atoms with Crippen molar-refractivity contribution in [2.45, 2.75) is 27.0 Å². The summed E-state index contributed by atoms with van der Waals surface area (Å²) in [5.74, 6) is 1.03. The summed E-state index contributed by atoms with van der Waals surface area (Å²) in [6.07, 6.45) is 3.75. The van der Waals surface area contributed by atoms with E-state index < -0.39 is 0 Å². The van der Waals surface area contributed by atoms with Crippen LogP contribution in [0.4, 0.5) is 5.82 Å². The first-order chi connectivity index (χ1) is 8.19. The van der Waals surface area contributed by atoms with Gasteiger partial charge < -0.3 is 10.5 Å². The molecule has 0 fully saturated rings. The molecule has 0 bridgehead atoms. The van der Waals surface area contributed by atoms with Crippen molar-refractivity contribution >= 4 is 5.82 Å². The van der Waals surface area contributed by atoms with Gasteiger partial charge in [0.2, 0.25) is 0 Å². The summed E-state index contributed by atoms with van der Waals surface area (Å²) in [5.41, 5.74) is 7.66. The van der Waals surface area contributed by atoms with Crippen LogP contribution in [0.3, 0.4) is 0 Å². The van der Waals surface area contributed by atoms with Crippen LogP contribution in [-0.2, 0) is 13.2 Å². The number of pyridine rings is 1. The number of hydrogen-bond donors (Lipinski definition) is 1. The van der Waals surface area contributed by atoms with E-state index >= 15 is 0 Å². The number of aryl methyl sites for hydroxylation is 2. The molecule has 2 aromatic rings. The molecule has 2 heterocycles. The predicted molar refractivity (Wildman–Crippen MR) is 65.6 cm³/mol. The average molecular weight is 232 g/mol. The Balaban J connectivity index is 2.02. The molecule has 0 aliphatic heterocycles. The van der Waals surface area contributed by atoms with Crippen LogP contribution < -0.4 is 10.5 Å². The van der Waals surface area contributed by atoms with Crippen molar-refractivity contribution in [3.63, 3.8) is 0 Å². The molecule has 0 amide bonds. The molecule has 2 rings (SSSR count). The number of aromatic nitrogens is 3. The first-order valence-corrected chi connectivity index (χ1v) is 5.56. The maximum atomic E-state index is 5.76. The number of rotatable bonds is 4. The highest BCUT2D eigenvalue weighted by atomic mass is 16.5. The van der Waals surface area contributed by atoms with Crippen LogP contribution in [0.15, 0.2) is 24.5 Å². The zero-order chi connectivity index (χ0) is 12.3. The molecule has 90 valence electrons. The summed E-state index contributed by atoms with van der Waals surface area (Å²) in [6.45, 7) is 5.24. The van der Waals surface area contributed by atoms with E-state index in [2.05, 4.69) is 10.1 Å². The summed E-state index contributed by atoms with van der Waals surface area (Å²) in [6, 6.07) is 3.71. The number of nitrogens with two attached hydrogens (primary N) is 1. The number of nitrogens with zero attached hydrogens (tertiary/aromatic N) is 3. The van der Waals surface area contributed by atoms with Gasteiger partial charge in [-0.15, -0.1) is 0 Å².